The molecule has 0 aromatic heterocycles. The second-order valence-corrected chi connectivity index (χ2v) is 7.18. The van der Waals surface area contributed by atoms with E-state index in [9.17, 15) is 22.0 Å². The first-order chi connectivity index (χ1) is 10.9. The van der Waals surface area contributed by atoms with Crippen LogP contribution in [0.1, 0.15) is 22.3 Å². The van der Waals surface area contributed by atoms with Crippen molar-refractivity contribution >= 4 is 21.5 Å². The lowest BCUT2D eigenvalue weighted by atomic mass is 10.0. The number of carbonyl (C=O) groups excluding carboxylic acids is 1. The Labute approximate surface area is 132 Å². The number of sulfonamides is 1. The van der Waals surface area contributed by atoms with Crippen LogP contribution in [0, 0.1) is 11.6 Å². The molecule has 0 amide bonds. The van der Waals surface area contributed by atoms with Crippen molar-refractivity contribution in [3.63, 3.8) is 0 Å². The molecule has 120 valence electrons. The molecular weight excluding hydrogens is 324 g/mol. The van der Waals surface area contributed by atoms with Crippen molar-refractivity contribution in [1.29, 1.82) is 0 Å². The Kier molecular flexibility index (Phi) is 3.89. The largest absolute Gasteiger partial charge is 0.294 e. The summed E-state index contributed by atoms with van der Waals surface area (Å²) < 4.78 is 52.6. The predicted octanol–water partition coefficient (Wildman–Crippen LogP) is 2.89. The highest BCUT2D eigenvalue weighted by atomic mass is 32.2. The minimum absolute atomic E-state index is 0.000892. The number of carbonyl (C=O) groups is 1. The predicted molar refractivity (Wildman–Crippen MR) is 81.7 cm³/mol. The minimum atomic E-state index is -3.76. The zero-order chi connectivity index (χ0) is 16.6. The topological polar surface area (TPSA) is 54.5 Å². The maximum absolute atomic E-state index is 13.3. The van der Waals surface area contributed by atoms with Gasteiger partial charge in [0, 0.05) is 18.5 Å². The number of Topliss-reactive ketones (excluding diaryl/α,β-unsaturated/α-hetero) is 1. The van der Waals surface area contributed by atoms with Crippen molar-refractivity contribution < 1.29 is 22.0 Å². The van der Waals surface area contributed by atoms with E-state index < -0.39 is 21.7 Å². The van der Waals surface area contributed by atoms with E-state index in [-0.39, 0.29) is 35.8 Å². The van der Waals surface area contributed by atoms with Crippen molar-refractivity contribution in [2.24, 2.45) is 0 Å². The lowest BCUT2D eigenvalue weighted by Crippen LogP contribution is -2.38. The average molecular weight is 337 g/mol. The Balaban J connectivity index is 1.96. The summed E-state index contributed by atoms with van der Waals surface area (Å²) in [7, 11) is -3.76. The summed E-state index contributed by atoms with van der Waals surface area (Å²) in [6.45, 7) is 0.0149. The van der Waals surface area contributed by atoms with Gasteiger partial charge in [-0.05, 0) is 35.9 Å². The van der Waals surface area contributed by atoms with E-state index in [2.05, 4.69) is 0 Å². The molecule has 0 atom stereocenters. The normalized spacial score (nSPS) is 14.7. The molecule has 0 fully saturated rings. The van der Waals surface area contributed by atoms with Gasteiger partial charge in [0.25, 0.3) is 0 Å². The van der Waals surface area contributed by atoms with E-state index in [1.807, 2.05) is 0 Å². The first-order valence-corrected chi connectivity index (χ1v) is 8.55. The molecule has 0 bridgehead atoms. The minimum Gasteiger partial charge on any atom is -0.294 e. The summed E-state index contributed by atoms with van der Waals surface area (Å²) in [5, 5.41) is 0. The van der Waals surface area contributed by atoms with E-state index in [1.54, 1.807) is 0 Å². The maximum Gasteiger partial charge on any atom is 0.239 e. The molecular formula is C16H13F2NO3S. The van der Waals surface area contributed by atoms with Gasteiger partial charge in [-0.15, -0.1) is 0 Å². The molecule has 3 rings (SSSR count). The van der Waals surface area contributed by atoms with Crippen LogP contribution in [0.4, 0.5) is 14.5 Å². The summed E-state index contributed by atoms with van der Waals surface area (Å²) in [4.78, 5) is 11.9. The third-order valence-corrected chi connectivity index (χ3v) is 5.42. The van der Waals surface area contributed by atoms with Crippen LogP contribution in [0.25, 0.3) is 0 Å². The zero-order valence-corrected chi connectivity index (χ0v) is 12.8. The molecule has 0 saturated carbocycles. The highest BCUT2D eigenvalue weighted by molar-refractivity contribution is 7.92. The zero-order valence-electron chi connectivity index (χ0n) is 12.0. The first-order valence-electron chi connectivity index (χ1n) is 6.94. The fourth-order valence-electron chi connectivity index (χ4n) is 2.57. The molecule has 0 aliphatic carbocycles. The number of rotatable bonds is 3. The van der Waals surface area contributed by atoms with Gasteiger partial charge in [0.05, 0.1) is 11.4 Å². The molecule has 2 aromatic rings. The van der Waals surface area contributed by atoms with Gasteiger partial charge >= 0.3 is 0 Å². The Morgan fingerprint density at radius 3 is 2.35 bits per heavy atom. The lowest BCUT2D eigenvalue weighted by Gasteiger charge is -2.29. The number of halogens is 2. The van der Waals surface area contributed by atoms with Gasteiger partial charge in [-0.2, -0.15) is 0 Å². The van der Waals surface area contributed by atoms with E-state index in [4.69, 9.17) is 0 Å². The SMILES string of the molecule is O=C1CCN(S(=O)(=O)Cc2ccc(F)cc2)c2ccc(F)cc21. The van der Waals surface area contributed by atoms with E-state index in [0.29, 0.717) is 5.56 Å². The van der Waals surface area contributed by atoms with Crippen LogP contribution in [-0.4, -0.2) is 20.7 Å². The van der Waals surface area contributed by atoms with Crippen LogP contribution in [-0.2, 0) is 15.8 Å². The standard InChI is InChI=1S/C16H13F2NO3S/c17-12-3-1-11(2-4-12)10-23(21,22)19-8-7-16(20)14-9-13(18)5-6-15(14)19/h1-6,9H,7-8,10H2. The van der Waals surface area contributed by atoms with Crippen LogP contribution < -0.4 is 4.31 Å². The van der Waals surface area contributed by atoms with E-state index in [0.717, 1.165) is 16.4 Å². The van der Waals surface area contributed by atoms with Crippen LogP contribution in [0.2, 0.25) is 0 Å². The summed E-state index contributed by atoms with van der Waals surface area (Å²) in [6, 6.07) is 8.64. The second-order valence-electron chi connectivity index (χ2n) is 5.29. The van der Waals surface area contributed by atoms with Crippen molar-refractivity contribution in [1.82, 2.24) is 0 Å². The molecule has 23 heavy (non-hydrogen) atoms. The van der Waals surface area contributed by atoms with Crippen LogP contribution in [0.3, 0.4) is 0 Å². The molecule has 0 spiro atoms. The Hall–Kier alpha value is -2.28. The molecule has 0 saturated heterocycles. The summed E-state index contributed by atoms with van der Waals surface area (Å²) in [5.74, 6) is -1.64. The van der Waals surface area contributed by atoms with Gasteiger partial charge in [0.2, 0.25) is 10.0 Å². The van der Waals surface area contributed by atoms with E-state index in [1.165, 1.54) is 30.3 Å². The Bertz CT molecular complexity index is 863. The molecule has 0 N–H and O–H groups in total. The van der Waals surface area contributed by atoms with Gasteiger partial charge in [0.15, 0.2) is 5.78 Å². The fourth-order valence-corrected chi connectivity index (χ4v) is 4.16. The molecule has 2 aromatic carbocycles. The highest BCUT2D eigenvalue weighted by Crippen LogP contribution is 2.31. The van der Waals surface area contributed by atoms with Gasteiger partial charge < -0.3 is 0 Å². The highest BCUT2D eigenvalue weighted by Gasteiger charge is 2.31. The number of nitrogens with zero attached hydrogens (tertiary/aromatic N) is 1. The molecule has 0 unspecified atom stereocenters. The van der Waals surface area contributed by atoms with Crippen molar-refractivity contribution in [3.8, 4) is 0 Å². The van der Waals surface area contributed by atoms with Crippen LogP contribution >= 0.6 is 0 Å². The fraction of sp³-hybridized carbons (Fsp3) is 0.188. The van der Waals surface area contributed by atoms with Gasteiger partial charge in [0.1, 0.15) is 11.6 Å². The van der Waals surface area contributed by atoms with Crippen molar-refractivity contribution in [2.45, 2.75) is 12.2 Å². The van der Waals surface area contributed by atoms with Gasteiger partial charge in [-0.3, -0.25) is 9.10 Å². The lowest BCUT2D eigenvalue weighted by molar-refractivity contribution is 0.0981. The second kappa shape index (κ2) is 5.73. The molecule has 1 aliphatic heterocycles. The molecule has 4 nitrogen and oxygen atoms in total. The monoisotopic (exact) mass is 337 g/mol. The van der Waals surface area contributed by atoms with E-state index >= 15 is 0 Å². The number of ketones is 1. The van der Waals surface area contributed by atoms with Crippen molar-refractivity contribution in [3.05, 3.63) is 65.2 Å². The molecule has 1 aliphatic rings. The third kappa shape index (κ3) is 3.10. The van der Waals surface area contributed by atoms with Gasteiger partial charge in [-0.25, -0.2) is 17.2 Å². The Morgan fingerprint density at radius 2 is 1.65 bits per heavy atom. The van der Waals surface area contributed by atoms with Crippen LogP contribution in [0.5, 0.6) is 0 Å². The summed E-state index contributed by atoms with van der Waals surface area (Å²) in [5.41, 5.74) is 0.690. The molecule has 0 radical (unpaired) electrons. The van der Waals surface area contributed by atoms with Gasteiger partial charge in [-0.1, -0.05) is 12.1 Å². The smallest absolute Gasteiger partial charge is 0.239 e. The number of benzene rings is 2. The average Bonchev–Trinajstić information content (AvgIpc) is 2.50. The summed E-state index contributed by atoms with van der Waals surface area (Å²) in [6.07, 6.45) is -0.000892. The number of anilines is 1. The first kappa shape index (κ1) is 15.6. The molecule has 1 heterocycles. The molecule has 7 heteroatoms. The maximum atomic E-state index is 13.3. The number of hydrogen-bond donors (Lipinski definition) is 0. The quantitative estimate of drug-likeness (QED) is 0.865. The number of fused-ring (bicyclic) bond motifs is 1. The van der Waals surface area contributed by atoms with Crippen molar-refractivity contribution in [2.75, 3.05) is 10.8 Å². The third-order valence-electron chi connectivity index (χ3n) is 3.67. The summed E-state index contributed by atoms with van der Waals surface area (Å²) >= 11 is 0. The number of hydrogen-bond acceptors (Lipinski definition) is 3. The van der Waals surface area contributed by atoms with Crippen LogP contribution in [0.15, 0.2) is 42.5 Å². The Morgan fingerprint density at radius 1 is 1.00 bits per heavy atom.